The maximum absolute atomic E-state index is 12.1. The molecule has 0 amide bonds. The van der Waals surface area contributed by atoms with Crippen LogP contribution in [-0.2, 0) is 6.42 Å². The molecule has 0 spiro atoms. The van der Waals surface area contributed by atoms with Crippen LogP contribution in [0.15, 0.2) is 18.2 Å². The molecule has 1 heterocycles. The zero-order valence-electron chi connectivity index (χ0n) is 9.63. The molecule has 0 fully saturated rings. The molecule has 0 saturated carbocycles. The molecule has 0 aromatic heterocycles. The van der Waals surface area contributed by atoms with Crippen molar-refractivity contribution >= 4 is 0 Å². The molecule has 1 aliphatic heterocycles. The second-order valence-electron chi connectivity index (χ2n) is 4.20. The number of nitrogens with one attached hydrogen (secondary N) is 1. The van der Waals surface area contributed by atoms with Gasteiger partial charge in [-0.25, -0.2) is 0 Å². The van der Waals surface area contributed by atoms with Gasteiger partial charge >= 0.3 is 6.18 Å². The number of aliphatic hydroxyl groups is 1. The van der Waals surface area contributed by atoms with Crippen LogP contribution in [0.3, 0.4) is 0 Å². The van der Waals surface area contributed by atoms with Crippen LogP contribution in [0.5, 0.6) is 5.75 Å². The number of aliphatic hydroxyl groups excluding tert-OH is 1. The molecule has 1 aromatic rings. The van der Waals surface area contributed by atoms with Crippen molar-refractivity contribution in [3.8, 4) is 5.75 Å². The smallest absolute Gasteiger partial charge is 0.401 e. The summed E-state index contributed by atoms with van der Waals surface area (Å²) in [6.45, 7) is -0.903. The molecule has 3 nitrogen and oxygen atoms in total. The van der Waals surface area contributed by atoms with Gasteiger partial charge in [-0.3, -0.25) is 5.32 Å². The summed E-state index contributed by atoms with van der Waals surface area (Å²) in [7, 11) is 0. The van der Waals surface area contributed by atoms with Crippen molar-refractivity contribution in [2.75, 3.05) is 19.8 Å². The highest BCUT2D eigenvalue weighted by molar-refractivity contribution is 5.40. The average molecular weight is 261 g/mol. The Morgan fingerprint density at radius 2 is 2.17 bits per heavy atom. The van der Waals surface area contributed by atoms with Crippen molar-refractivity contribution in [3.05, 3.63) is 29.3 Å². The van der Waals surface area contributed by atoms with Crippen molar-refractivity contribution in [2.24, 2.45) is 0 Å². The van der Waals surface area contributed by atoms with Gasteiger partial charge in [-0.15, -0.1) is 0 Å². The standard InChI is InChI=1S/C12H14F3NO2/c13-12(14,15)7-16-10(6-17)8-1-2-11-9(5-8)3-4-18-11/h1-2,5,10,16-17H,3-4,6-7H2. The molecule has 2 N–H and O–H groups in total. The van der Waals surface area contributed by atoms with Gasteiger partial charge in [-0.2, -0.15) is 13.2 Å². The number of halogens is 3. The van der Waals surface area contributed by atoms with Crippen molar-refractivity contribution in [1.82, 2.24) is 5.32 Å². The second-order valence-corrected chi connectivity index (χ2v) is 4.20. The summed E-state index contributed by atoms with van der Waals surface area (Å²) < 4.78 is 41.7. The minimum absolute atomic E-state index is 0.379. The Morgan fingerprint density at radius 3 is 2.83 bits per heavy atom. The molecule has 0 bridgehead atoms. The van der Waals surface area contributed by atoms with E-state index in [2.05, 4.69) is 5.32 Å². The predicted molar refractivity (Wildman–Crippen MR) is 59.5 cm³/mol. The first-order valence-electron chi connectivity index (χ1n) is 5.66. The van der Waals surface area contributed by atoms with E-state index < -0.39 is 18.8 Å². The number of rotatable bonds is 4. The van der Waals surface area contributed by atoms with E-state index in [1.807, 2.05) is 0 Å². The Balaban J connectivity index is 2.08. The normalized spacial score (nSPS) is 16.2. The fourth-order valence-corrected chi connectivity index (χ4v) is 1.95. The highest BCUT2D eigenvalue weighted by Crippen LogP contribution is 2.28. The van der Waals surface area contributed by atoms with E-state index in [1.165, 1.54) is 0 Å². The minimum Gasteiger partial charge on any atom is -0.493 e. The van der Waals surface area contributed by atoms with Crippen LogP contribution in [0.1, 0.15) is 17.2 Å². The van der Waals surface area contributed by atoms with E-state index in [0.29, 0.717) is 12.2 Å². The van der Waals surface area contributed by atoms with Crippen molar-refractivity contribution in [3.63, 3.8) is 0 Å². The molecule has 100 valence electrons. The molecular weight excluding hydrogens is 247 g/mol. The number of alkyl halides is 3. The van der Waals surface area contributed by atoms with Crippen LogP contribution >= 0.6 is 0 Å². The quantitative estimate of drug-likeness (QED) is 0.868. The topological polar surface area (TPSA) is 41.5 Å². The molecule has 6 heteroatoms. The second kappa shape index (κ2) is 5.16. The summed E-state index contributed by atoms with van der Waals surface area (Å²) in [4.78, 5) is 0. The first-order chi connectivity index (χ1) is 8.49. The molecular formula is C12H14F3NO2. The number of ether oxygens (including phenoxy) is 1. The van der Waals surface area contributed by atoms with Crippen molar-refractivity contribution < 1.29 is 23.0 Å². The maximum atomic E-state index is 12.1. The highest BCUT2D eigenvalue weighted by atomic mass is 19.4. The molecule has 1 aliphatic rings. The SMILES string of the molecule is OCC(NCC(F)(F)F)c1ccc2c(c1)CCO2. The minimum atomic E-state index is -4.28. The molecule has 1 unspecified atom stereocenters. The summed E-state index contributed by atoms with van der Waals surface area (Å²) in [5, 5.41) is 11.5. The zero-order valence-corrected chi connectivity index (χ0v) is 9.63. The monoisotopic (exact) mass is 261 g/mol. The Morgan fingerprint density at radius 1 is 1.39 bits per heavy atom. The average Bonchev–Trinajstić information content (AvgIpc) is 2.75. The van der Waals surface area contributed by atoms with Crippen molar-refractivity contribution in [2.45, 2.75) is 18.6 Å². The third-order valence-electron chi connectivity index (χ3n) is 2.85. The van der Waals surface area contributed by atoms with E-state index in [1.54, 1.807) is 18.2 Å². The zero-order chi connectivity index (χ0) is 13.2. The Labute approximate surface area is 103 Å². The summed E-state index contributed by atoms with van der Waals surface area (Å²) in [5.41, 5.74) is 1.62. The summed E-state index contributed by atoms with van der Waals surface area (Å²) >= 11 is 0. The van der Waals surface area contributed by atoms with Crippen LogP contribution in [0.2, 0.25) is 0 Å². The highest BCUT2D eigenvalue weighted by Gasteiger charge is 2.28. The maximum Gasteiger partial charge on any atom is 0.401 e. The lowest BCUT2D eigenvalue weighted by Crippen LogP contribution is -2.33. The molecule has 0 aliphatic carbocycles. The third kappa shape index (κ3) is 3.14. The molecule has 1 atom stereocenters. The Bertz CT molecular complexity index is 420. The Hall–Kier alpha value is -1.27. The van der Waals surface area contributed by atoms with E-state index in [-0.39, 0.29) is 6.61 Å². The summed E-state index contributed by atoms with van der Waals surface area (Å²) in [6.07, 6.45) is -3.53. The lowest BCUT2D eigenvalue weighted by Gasteiger charge is -2.18. The van der Waals surface area contributed by atoms with Gasteiger partial charge in [-0.1, -0.05) is 12.1 Å². The lowest BCUT2D eigenvalue weighted by atomic mass is 10.0. The number of fused-ring (bicyclic) bond motifs is 1. The van der Waals surface area contributed by atoms with E-state index in [9.17, 15) is 13.2 Å². The number of benzene rings is 1. The van der Waals surface area contributed by atoms with Crippen LogP contribution in [0.25, 0.3) is 0 Å². The molecule has 0 radical (unpaired) electrons. The van der Waals surface area contributed by atoms with Gasteiger partial charge in [0, 0.05) is 6.42 Å². The van der Waals surface area contributed by atoms with Gasteiger partial charge in [-0.05, 0) is 17.2 Å². The van der Waals surface area contributed by atoms with Gasteiger partial charge in [0.2, 0.25) is 0 Å². The summed E-state index contributed by atoms with van der Waals surface area (Å²) in [6, 6.07) is 4.48. The van der Waals surface area contributed by atoms with Gasteiger partial charge in [0.15, 0.2) is 0 Å². The number of hydrogen-bond acceptors (Lipinski definition) is 3. The largest absolute Gasteiger partial charge is 0.493 e. The molecule has 18 heavy (non-hydrogen) atoms. The van der Waals surface area contributed by atoms with Gasteiger partial charge in [0.05, 0.1) is 25.8 Å². The predicted octanol–water partition coefficient (Wildman–Crippen LogP) is 1.81. The fraction of sp³-hybridized carbons (Fsp3) is 0.500. The van der Waals surface area contributed by atoms with E-state index in [0.717, 1.165) is 17.7 Å². The van der Waals surface area contributed by atoms with Crippen LogP contribution in [-0.4, -0.2) is 31.0 Å². The van der Waals surface area contributed by atoms with Crippen molar-refractivity contribution in [1.29, 1.82) is 0 Å². The van der Waals surface area contributed by atoms with Gasteiger partial charge < -0.3 is 9.84 Å². The first-order valence-corrected chi connectivity index (χ1v) is 5.66. The molecule has 2 rings (SSSR count). The summed E-state index contributed by atoms with van der Waals surface area (Å²) in [5.74, 6) is 0.770. The van der Waals surface area contributed by atoms with Crippen LogP contribution in [0.4, 0.5) is 13.2 Å². The van der Waals surface area contributed by atoms with Crippen LogP contribution < -0.4 is 10.1 Å². The van der Waals surface area contributed by atoms with Crippen LogP contribution in [0, 0.1) is 0 Å². The van der Waals surface area contributed by atoms with E-state index in [4.69, 9.17) is 9.84 Å². The lowest BCUT2D eigenvalue weighted by molar-refractivity contribution is -0.126. The Kier molecular flexibility index (Phi) is 3.77. The number of hydrogen-bond donors (Lipinski definition) is 2. The third-order valence-corrected chi connectivity index (χ3v) is 2.85. The van der Waals surface area contributed by atoms with Gasteiger partial charge in [0.25, 0.3) is 0 Å². The fourth-order valence-electron chi connectivity index (χ4n) is 1.95. The molecule has 1 aromatic carbocycles. The van der Waals surface area contributed by atoms with Gasteiger partial charge in [0.1, 0.15) is 5.75 Å². The first kappa shape index (κ1) is 13.2. The molecule has 0 saturated heterocycles. The van der Waals surface area contributed by atoms with E-state index >= 15 is 0 Å².